The second-order valence-corrected chi connectivity index (χ2v) is 5.61. The number of halogens is 1. The van der Waals surface area contributed by atoms with E-state index in [1.807, 2.05) is 18.2 Å². The van der Waals surface area contributed by atoms with Crippen LogP contribution in [0.3, 0.4) is 0 Å². The van der Waals surface area contributed by atoms with Crippen molar-refractivity contribution in [2.75, 3.05) is 6.54 Å². The van der Waals surface area contributed by atoms with Gasteiger partial charge in [-0.3, -0.25) is 4.79 Å². The van der Waals surface area contributed by atoms with Gasteiger partial charge in [-0.05, 0) is 36.8 Å². The molecule has 3 rings (SSSR count). The number of aliphatic hydroxyl groups is 1. The number of carbonyl (C=O) groups excluding carboxylic acids is 1. The Kier molecular flexibility index (Phi) is 3.88. The molecule has 1 aromatic heterocycles. The van der Waals surface area contributed by atoms with E-state index in [1.54, 1.807) is 19.1 Å². The fourth-order valence-corrected chi connectivity index (χ4v) is 2.34. The average Bonchev–Trinajstić information content (AvgIpc) is 2.97. The number of hydrogen-bond donors (Lipinski definition) is 2. The summed E-state index contributed by atoms with van der Waals surface area (Å²) in [7, 11) is 0. The Labute approximate surface area is 132 Å². The van der Waals surface area contributed by atoms with Crippen molar-refractivity contribution in [3.8, 4) is 0 Å². The van der Waals surface area contributed by atoms with Crippen LogP contribution in [0.15, 0.2) is 59.0 Å². The van der Waals surface area contributed by atoms with Gasteiger partial charge in [0.25, 0.3) is 5.91 Å². The molecular weight excluding hydrogens is 297 g/mol. The third-order valence-electron chi connectivity index (χ3n) is 3.71. The predicted octanol–water partition coefficient (Wildman–Crippen LogP) is 3.21. The lowest BCUT2D eigenvalue weighted by atomic mass is 9.96. The Morgan fingerprint density at radius 3 is 2.61 bits per heavy atom. The van der Waals surface area contributed by atoms with Crippen molar-refractivity contribution in [3.63, 3.8) is 0 Å². The summed E-state index contributed by atoms with van der Waals surface area (Å²) in [4.78, 5) is 12.2. The first-order valence-electron chi connectivity index (χ1n) is 7.21. The maximum atomic E-state index is 12.9. The molecule has 2 aromatic carbocycles. The maximum Gasteiger partial charge on any atom is 0.287 e. The second kappa shape index (κ2) is 5.85. The minimum atomic E-state index is -1.31. The summed E-state index contributed by atoms with van der Waals surface area (Å²) in [5.41, 5.74) is -0.165. The average molecular weight is 313 g/mol. The van der Waals surface area contributed by atoms with Gasteiger partial charge in [-0.2, -0.15) is 0 Å². The van der Waals surface area contributed by atoms with E-state index in [4.69, 9.17) is 4.42 Å². The van der Waals surface area contributed by atoms with Crippen molar-refractivity contribution in [1.29, 1.82) is 0 Å². The summed E-state index contributed by atoms with van der Waals surface area (Å²) in [5.74, 6) is -0.611. The zero-order valence-corrected chi connectivity index (χ0v) is 12.5. The smallest absolute Gasteiger partial charge is 0.287 e. The van der Waals surface area contributed by atoms with E-state index in [-0.39, 0.29) is 18.1 Å². The summed E-state index contributed by atoms with van der Waals surface area (Å²) in [6.07, 6.45) is 0. The molecule has 1 amide bonds. The first-order valence-corrected chi connectivity index (χ1v) is 7.21. The van der Waals surface area contributed by atoms with Crippen molar-refractivity contribution < 1.29 is 18.7 Å². The fraction of sp³-hybridized carbons (Fsp3) is 0.167. The van der Waals surface area contributed by atoms with E-state index in [9.17, 15) is 14.3 Å². The molecule has 23 heavy (non-hydrogen) atoms. The van der Waals surface area contributed by atoms with E-state index >= 15 is 0 Å². The van der Waals surface area contributed by atoms with Gasteiger partial charge in [0.05, 0.1) is 6.54 Å². The Morgan fingerprint density at radius 2 is 1.91 bits per heavy atom. The maximum absolute atomic E-state index is 12.9. The first-order chi connectivity index (χ1) is 11.0. The zero-order valence-electron chi connectivity index (χ0n) is 12.5. The SMILES string of the molecule is CC(O)(CNC(=O)c1cc2ccccc2o1)c1ccc(F)cc1. The van der Waals surface area contributed by atoms with Crippen LogP contribution in [-0.4, -0.2) is 17.6 Å². The van der Waals surface area contributed by atoms with Crippen LogP contribution in [-0.2, 0) is 5.60 Å². The highest BCUT2D eigenvalue weighted by Gasteiger charge is 2.24. The van der Waals surface area contributed by atoms with Gasteiger partial charge in [0.15, 0.2) is 5.76 Å². The monoisotopic (exact) mass is 313 g/mol. The number of hydrogen-bond acceptors (Lipinski definition) is 3. The third kappa shape index (κ3) is 3.24. The second-order valence-electron chi connectivity index (χ2n) is 5.61. The Hall–Kier alpha value is -2.66. The largest absolute Gasteiger partial charge is 0.451 e. The van der Waals surface area contributed by atoms with E-state index in [0.29, 0.717) is 11.1 Å². The van der Waals surface area contributed by atoms with Gasteiger partial charge < -0.3 is 14.8 Å². The summed E-state index contributed by atoms with van der Waals surface area (Å²) in [5, 5.41) is 13.9. The number of amides is 1. The Morgan fingerprint density at radius 1 is 1.22 bits per heavy atom. The number of para-hydroxylation sites is 1. The van der Waals surface area contributed by atoms with Gasteiger partial charge in [-0.25, -0.2) is 4.39 Å². The first kappa shape index (κ1) is 15.2. The van der Waals surface area contributed by atoms with E-state index in [1.165, 1.54) is 24.3 Å². The van der Waals surface area contributed by atoms with E-state index in [0.717, 1.165) is 5.39 Å². The molecule has 118 valence electrons. The highest BCUT2D eigenvalue weighted by atomic mass is 19.1. The lowest BCUT2D eigenvalue weighted by Crippen LogP contribution is -2.38. The molecule has 1 unspecified atom stereocenters. The fourth-order valence-electron chi connectivity index (χ4n) is 2.34. The summed E-state index contributed by atoms with van der Waals surface area (Å²) in [6, 6.07) is 14.5. The van der Waals surface area contributed by atoms with E-state index in [2.05, 4.69) is 5.32 Å². The number of furan rings is 1. The standard InChI is InChI=1S/C18H16FNO3/c1-18(22,13-6-8-14(19)9-7-13)11-20-17(21)16-10-12-4-2-3-5-15(12)23-16/h2-10,22H,11H2,1H3,(H,20,21). The Bertz CT molecular complexity index is 804. The highest BCUT2D eigenvalue weighted by Crippen LogP contribution is 2.21. The molecule has 2 N–H and O–H groups in total. The molecule has 1 heterocycles. The normalized spacial score (nSPS) is 13.7. The third-order valence-corrected chi connectivity index (χ3v) is 3.71. The lowest BCUT2D eigenvalue weighted by Gasteiger charge is -2.24. The van der Waals surface area contributed by atoms with Crippen LogP contribution in [0.1, 0.15) is 23.0 Å². The van der Waals surface area contributed by atoms with Crippen LogP contribution >= 0.6 is 0 Å². The molecule has 5 heteroatoms. The van der Waals surface area contributed by atoms with Gasteiger partial charge in [-0.1, -0.05) is 30.3 Å². The molecule has 0 aliphatic heterocycles. The number of carbonyl (C=O) groups is 1. The van der Waals surface area contributed by atoms with Crippen LogP contribution < -0.4 is 5.32 Å². The molecule has 0 radical (unpaired) electrons. The quantitative estimate of drug-likeness (QED) is 0.777. The molecule has 0 saturated carbocycles. The number of rotatable bonds is 4. The van der Waals surface area contributed by atoms with Crippen molar-refractivity contribution in [2.45, 2.75) is 12.5 Å². The molecule has 0 aliphatic carbocycles. The van der Waals surface area contributed by atoms with Crippen LogP contribution in [0.4, 0.5) is 4.39 Å². The van der Waals surface area contributed by atoms with Crippen LogP contribution in [0.5, 0.6) is 0 Å². The molecule has 0 saturated heterocycles. The molecule has 0 spiro atoms. The van der Waals surface area contributed by atoms with E-state index < -0.39 is 11.5 Å². The highest BCUT2D eigenvalue weighted by molar-refractivity contribution is 5.96. The minimum Gasteiger partial charge on any atom is -0.451 e. The van der Waals surface area contributed by atoms with Crippen molar-refractivity contribution in [3.05, 3.63) is 71.7 Å². The predicted molar refractivity (Wildman–Crippen MR) is 84.5 cm³/mol. The molecule has 0 bridgehead atoms. The molecule has 3 aromatic rings. The minimum absolute atomic E-state index is 0.0193. The van der Waals surface area contributed by atoms with Gasteiger partial charge in [0.2, 0.25) is 0 Å². The molecule has 4 nitrogen and oxygen atoms in total. The van der Waals surface area contributed by atoms with Gasteiger partial charge in [0, 0.05) is 5.39 Å². The molecule has 1 atom stereocenters. The van der Waals surface area contributed by atoms with Gasteiger partial charge in [0.1, 0.15) is 17.0 Å². The lowest BCUT2D eigenvalue weighted by molar-refractivity contribution is 0.0519. The summed E-state index contributed by atoms with van der Waals surface area (Å²) >= 11 is 0. The van der Waals surface area contributed by atoms with Crippen molar-refractivity contribution in [1.82, 2.24) is 5.32 Å². The topological polar surface area (TPSA) is 62.5 Å². The summed E-state index contributed by atoms with van der Waals surface area (Å²) in [6.45, 7) is 1.54. The van der Waals surface area contributed by atoms with Crippen molar-refractivity contribution in [2.24, 2.45) is 0 Å². The summed E-state index contributed by atoms with van der Waals surface area (Å²) < 4.78 is 18.4. The molecule has 0 aliphatic rings. The van der Waals surface area contributed by atoms with Crippen LogP contribution in [0, 0.1) is 5.82 Å². The number of nitrogens with one attached hydrogen (secondary N) is 1. The number of benzene rings is 2. The van der Waals surface area contributed by atoms with Gasteiger partial charge >= 0.3 is 0 Å². The van der Waals surface area contributed by atoms with Gasteiger partial charge in [-0.15, -0.1) is 0 Å². The van der Waals surface area contributed by atoms with Crippen molar-refractivity contribution >= 4 is 16.9 Å². The number of fused-ring (bicyclic) bond motifs is 1. The van der Waals surface area contributed by atoms with Crippen LogP contribution in [0.2, 0.25) is 0 Å². The molecular formula is C18H16FNO3. The Balaban J connectivity index is 1.71. The zero-order chi connectivity index (χ0) is 16.4. The molecule has 0 fully saturated rings. The van der Waals surface area contributed by atoms with Crippen LogP contribution in [0.25, 0.3) is 11.0 Å².